The van der Waals surface area contributed by atoms with Crippen molar-refractivity contribution in [1.82, 2.24) is 10.2 Å². The van der Waals surface area contributed by atoms with E-state index in [2.05, 4.69) is 5.32 Å². The molecule has 18 heavy (non-hydrogen) atoms. The van der Waals surface area contributed by atoms with Gasteiger partial charge in [0.1, 0.15) is 17.5 Å². The monoisotopic (exact) mass is 258 g/mol. The van der Waals surface area contributed by atoms with Crippen LogP contribution in [0.2, 0.25) is 0 Å². The highest BCUT2D eigenvalue weighted by atomic mass is 19.1. The van der Waals surface area contributed by atoms with Crippen LogP contribution >= 0.6 is 0 Å². The summed E-state index contributed by atoms with van der Waals surface area (Å²) in [4.78, 5) is 2.04. The van der Waals surface area contributed by atoms with Gasteiger partial charge in [-0.1, -0.05) is 6.92 Å². The lowest BCUT2D eigenvalue weighted by atomic mass is 10.0. The van der Waals surface area contributed by atoms with Crippen LogP contribution in [0.3, 0.4) is 0 Å². The highest BCUT2D eigenvalue weighted by Crippen LogP contribution is 2.29. The molecule has 1 fully saturated rings. The molecule has 1 N–H and O–H groups in total. The van der Waals surface area contributed by atoms with E-state index in [4.69, 9.17) is 0 Å². The van der Waals surface area contributed by atoms with E-state index in [0.29, 0.717) is 6.42 Å². The van der Waals surface area contributed by atoms with Gasteiger partial charge in [-0.3, -0.25) is 4.90 Å². The number of nitrogens with one attached hydrogen (secondary N) is 1. The minimum absolute atomic E-state index is 0.0131. The predicted molar refractivity (Wildman–Crippen MR) is 63.8 cm³/mol. The van der Waals surface area contributed by atoms with Crippen LogP contribution in [-0.4, -0.2) is 31.1 Å². The van der Waals surface area contributed by atoms with Crippen molar-refractivity contribution in [2.24, 2.45) is 0 Å². The Hall–Kier alpha value is -1.07. The summed E-state index contributed by atoms with van der Waals surface area (Å²) in [6, 6.07) is 1.18. The summed E-state index contributed by atoms with van der Waals surface area (Å²) in [5, 5.41) is 3.19. The summed E-state index contributed by atoms with van der Waals surface area (Å²) < 4.78 is 40.5. The first-order chi connectivity index (χ1) is 8.63. The number of piperazine rings is 1. The minimum Gasteiger partial charge on any atom is -0.314 e. The lowest BCUT2D eigenvalue weighted by Gasteiger charge is -2.35. The number of rotatable bonds is 3. The molecule has 5 heteroatoms. The number of hydrogen-bond acceptors (Lipinski definition) is 2. The van der Waals surface area contributed by atoms with Crippen LogP contribution in [0.15, 0.2) is 12.1 Å². The van der Waals surface area contributed by atoms with Gasteiger partial charge in [-0.05, 0) is 6.42 Å². The molecule has 2 nitrogen and oxygen atoms in total. The topological polar surface area (TPSA) is 15.3 Å². The number of benzene rings is 1. The summed E-state index contributed by atoms with van der Waals surface area (Å²) in [5.74, 6) is -2.46. The SMILES string of the molecule is CC[C@@H](c1c(F)cc(F)cc1F)N1CCNCC1. The molecule has 0 unspecified atom stereocenters. The average molecular weight is 258 g/mol. The van der Waals surface area contributed by atoms with Gasteiger partial charge in [-0.2, -0.15) is 0 Å². The number of halogens is 3. The maximum absolute atomic E-state index is 13.8. The van der Waals surface area contributed by atoms with Gasteiger partial charge in [0.25, 0.3) is 0 Å². The zero-order valence-electron chi connectivity index (χ0n) is 10.3. The van der Waals surface area contributed by atoms with Gasteiger partial charge in [0.2, 0.25) is 0 Å². The molecule has 1 atom stereocenters. The first-order valence-electron chi connectivity index (χ1n) is 6.22. The maximum Gasteiger partial charge on any atom is 0.133 e. The van der Waals surface area contributed by atoms with Crippen LogP contribution in [0.4, 0.5) is 13.2 Å². The molecule has 0 radical (unpaired) electrons. The molecule has 1 saturated heterocycles. The molecule has 0 aliphatic carbocycles. The van der Waals surface area contributed by atoms with Crippen LogP contribution in [-0.2, 0) is 0 Å². The average Bonchev–Trinajstić information content (AvgIpc) is 2.34. The van der Waals surface area contributed by atoms with Crippen LogP contribution in [0.25, 0.3) is 0 Å². The lowest BCUT2D eigenvalue weighted by molar-refractivity contribution is 0.162. The predicted octanol–water partition coefficient (Wildman–Crippen LogP) is 2.46. The Labute approximate surface area is 105 Å². The van der Waals surface area contributed by atoms with E-state index in [1.165, 1.54) is 0 Å². The summed E-state index contributed by atoms with van der Waals surface area (Å²) in [6.45, 7) is 4.99. The summed E-state index contributed by atoms with van der Waals surface area (Å²) in [6.07, 6.45) is 0.597. The third-order valence-corrected chi connectivity index (χ3v) is 3.36. The van der Waals surface area contributed by atoms with Crippen LogP contribution in [0, 0.1) is 17.5 Å². The molecule has 0 amide bonds. The first kappa shape index (κ1) is 13.4. The summed E-state index contributed by atoms with van der Waals surface area (Å²) in [5.41, 5.74) is -0.0131. The molecule has 0 saturated carbocycles. The van der Waals surface area contributed by atoms with Crippen LogP contribution < -0.4 is 5.32 Å². The van der Waals surface area contributed by atoms with E-state index in [0.717, 1.165) is 38.3 Å². The Morgan fingerprint density at radius 2 is 1.72 bits per heavy atom. The molecule has 0 spiro atoms. The van der Waals surface area contributed by atoms with Crippen molar-refractivity contribution in [2.45, 2.75) is 19.4 Å². The van der Waals surface area contributed by atoms with Crippen LogP contribution in [0.1, 0.15) is 24.9 Å². The molecule has 0 aromatic heterocycles. The highest BCUT2D eigenvalue weighted by Gasteiger charge is 2.26. The molecule has 1 aliphatic heterocycles. The Kier molecular flexibility index (Phi) is 4.24. The van der Waals surface area contributed by atoms with Crippen molar-refractivity contribution in [2.75, 3.05) is 26.2 Å². The Morgan fingerprint density at radius 3 is 2.22 bits per heavy atom. The standard InChI is InChI=1S/C13H17F3N2/c1-2-12(18-5-3-17-4-6-18)13-10(15)7-9(14)8-11(13)16/h7-8,12,17H,2-6H2,1H3/t12-/m0/s1. The maximum atomic E-state index is 13.8. The van der Waals surface area contributed by atoms with Crippen LogP contribution in [0.5, 0.6) is 0 Å². The van der Waals surface area contributed by atoms with Crippen molar-refractivity contribution < 1.29 is 13.2 Å². The van der Waals surface area contributed by atoms with Gasteiger partial charge in [0.15, 0.2) is 0 Å². The number of nitrogens with zero attached hydrogens (tertiary/aromatic N) is 1. The Bertz CT molecular complexity index is 394. The summed E-state index contributed by atoms with van der Waals surface area (Å²) in [7, 11) is 0. The van der Waals surface area contributed by atoms with Gasteiger partial charge in [0, 0.05) is 49.9 Å². The minimum atomic E-state index is -0.871. The first-order valence-corrected chi connectivity index (χ1v) is 6.22. The van der Waals surface area contributed by atoms with E-state index in [1.807, 2.05) is 11.8 Å². The molecule has 1 heterocycles. The lowest BCUT2D eigenvalue weighted by Crippen LogP contribution is -2.45. The zero-order chi connectivity index (χ0) is 13.1. The third kappa shape index (κ3) is 2.67. The van der Waals surface area contributed by atoms with E-state index < -0.39 is 17.5 Å². The van der Waals surface area contributed by atoms with Crippen molar-refractivity contribution in [3.63, 3.8) is 0 Å². The Balaban J connectivity index is 2.32. The van der Waals surface area contributed by atoms with Crippen molar-refractivity contribution in [3.05, 3.63) is 35.1 Å². The van der Waals surface area contributed by atoms with Gasteiger partial charge >= 0.3 is 0 Å². The van der Waals surface area contributed by atoms with Crippen molar-refractivity contribution >= 4 is 0 Å². The molecular formula is C13H17F3N2. The van der Waals surface area contributed by atoms with Gasteiger partial charge in [-0.25, -0.2) is 13.2 Å². The molecule has 1 aliphatic rings. The smallest absolute Gasteiger partial charge is 0.133 e. The Morgan fingerprint density at radius 1 is 1.17 bits per heavy atom. The third-order valence-electron chi connectivity index (χ3n) is 3.36. The van der Waals surface area contributed by atoms with E-state index >= 15 is 0 Å². The second-order valence-electron chi connectivity index (χ2n) is 4.49. The molecule has 1 aromatic carbocycles. The van der Waals surface area contributed by atoms with Gasteiger partial charge < -0.3 is 5.32 Å². The quantitative estimate of drug-likeness (QED) is 0.896. The molecule has 0 bridgehead atoms. The summed E-state index contributed by atoms with van der Waals surface area (Å²) >= 11 is 0. The van der Waals surface area contributed by atoms with Gasteiger partial charge in [-0.15, -0.1) is 0 Å². The number of hydrogen-bond donors (Lipinski definition) is 1. The molecule has 1 aromatic rings. The molecule has 100 valence electrons. The fraction of sp³-hybridized carbons (Fsp3) is 0.538. The van der Waals surface area contributed by atoms with Crippen molar-refractivity contribution in [3.8, 4) is 0 Å². The molecule has 2 rings (SSSR count). The van der Waals surface area contributed by atoms with E-state index in [1.54, 1.807) is 0 Å². The second kappa shape index (κ2) is 5.71. The zero-order valence-corrected chi connectivity index (χ0v) is 10.3. The van der Waals surface area contributed by atoms with E-state index in [-0.39, 0.29) is 11.6 Å². The van der Waals surface area contributed by atoms with E-state index in [9.17, 15) is 13.2 Å². The molecular weight excluding hydrogens is 241 g/mol. The normalized spacial score (nSPS) is 18.9. The van der Waals surface area contributed by atoms with Gasteiger partial charge in [0.05, 0.1) is 0 Å². The second-order valence-corrected chi connectivity index (χ2v) is 4.49. The van der Waals surface area contributed by atoms with Crippen molar-refractivity contribution in [1.29, 1.82) is 0 Å². The highest BCUT2D eigenvalue weighted by molar-refractivity contribution is 5.24. The largest absolute Gasteiger partial charge is 0.314 e. The fourth-order valence-corrected chi connectivity index (χ4v) is 2.51. The fourth-order valence-electron chi connectivity index (χ4n) is 2.51.